The molecule has 1 aromatic carbocycles. The highest BCUT2D eigenvalue weighted by atomic mass is 32.1. The third kappa shape index (κ3) is 3.66. The molecule has 4 rings (SSSR count). The molecular formula is C21H22N4OS. The zero-order chi connectivity index (χ0) is 18.8. The molecule has 0 radical (unpaired) electrons. The van der Waals surface area contributed by atoms with Crippen LogP contribution in [0.25, 0.3) is 10.2 Å². The van der Waals surface area contributed by atoms with E-state index in [-0.39, 0.29) is 11.9 Å². The number of carbonyl (C=O) groups is 1. The number of aryl methyl sites for hydroxylation is 2. The zero-order valence-electron chi connectivity index (χ0n) is 15.4. The van der Waals surface area contributed by atoms with Gasteiger partial charge in [0.2, 0.25) is 0 Å². The molecule has 1 N–H and O–H groups in total. The van der Waals surface area contributed by atoms with Gasteiger partial charge in [0.05, 0.1) is 22.1 Å². The topological polar surface area (TPSA) is 51.9 Å². The van der Waals surface area contributed by atoms with Gasteiger partial charge in [0.25, 0.3) is 5.91 Å². The first-order chi connectivity index (χ1) is 13.1. The van der Waals surface area contributed by atoms with Crippen molar-refractivity contribution < 1.29 is 4.79 Å². The van der Waals surface area contributed by atoms with Gasteiger partial charge in [0.15, 0.2) is 0 Å². The van der Waals surface area contributed by atoms with Crippen LogP contribution in [0.3, 0.4) is 0 Å². The van der Waals surface area contributed by atoms with Crippen LogP contribution in [0.5, 0.6) is 0 Å². The molecule has 0 bridgehead atoms. The Morgan fingerprint density at radius 2 is 2.04 bits per heavy atom. The average molecular weight is 379 g/mol. The smallest absolute Gasteiger partial charge is 0.272 e. The van der Waals surface area contributed by atoms with E-state index in [4.69, 9.17) is 0 Å². The van der Waals surface area contributed by atoms with Crippen LogP contribution in [0.15, 0.2) is 60.2 Å². The maximum atomic E-state index is 12.9. The lowest BCUT2D eigenvalue weighted by Gasteiger charge is -2.10. The Balaban J connectivity index is 1.58. The predicted molar refractivity (Wildman–Crippen MR) is 111 cm³/mol. The SMILES string of the molecule is CC(C)n1cc(NC(=O)c2cc3sccc3n2CCc2ccccc2)cn1. The molecule has 0 aliphatic heterocycles. The maximum absolute atomic E-state index is 12.9. The van der Waals surface area contributed by atoms with Crippen molar-refractivity contribution in [2.24, 2.45) is 0 Å². The van der Waals surface area contributed by atoms with Gasteiger partial charge in [0, 0.05) is 18.8 Å². The highest BCUT2D eigenvalue weighted by Gasteiger charge is 2.17. The minimum absolute atomic E-state index is 0.102. The van der Waals surface area contributed by atoms with Crippen molar-refractivity contribution in [1.29, 1.82) is 0 Å². The van der Waals surface area contributed by atoms with E-state index in [2.05, 4.69) is 52.4 Å². The third-order valence-corrected chi connectivity index (χ3v) is 5.46. The normalized spacial score (nSPS) is 11.4. The third-order valence-electron chi connectivity index (χ3n) is 4.61. The van der Waals surface area contributed by atoms with Gasteiger partial charge in [-0.15, -0.1) is 11.3 Å². The van der Waals surface area contributed by atoms with E-state index in [1.54, 1.807) is 17.5 Å². The quantitative estimate of drug-likeness (QED) is 0.515. The van der Waals surface area contributed by atoms with Crippen LogP contribution in [-0.2, 0) is 13.0 Å². The summed E-state index contributed by atoms with van der Waals surface area (Å²) in [6, 6.07) is 14.7. The number of amides is 1. The van der Waals surface area contributed by atoms with Crippen LogP contribution >= 0.6 is 11.3 Å². The molecule has 5 nitrogen and oxygen atoms in total. The molecule has 1 amide bonds. The number of aromatic nitrogens is 3. The van der Waals surface area contributed by atoms with E-state index >= 15 is 0 Å². The summed E-state index contributed by atoms with van der Waals surface area (Å²) in [6.45, 7) is 4.88. The molecule has 0 fully saturated rings. The van der Waals surface area contributed by atoms with E-state index in [1.165, 1.54) is 5.56 Å². The zero-order valence-corrected chi connectivity index (χ0v) is 16.2. The molecule has 3 aromatic heterocycles. The Morgan fingerprint density at radius 3 is 2.78 bits per heavy atom. The summed E-state index contributed by atoms with van der Waals surface area (Å²) in [7, 11) is 0. The molecular weight excluding hydrogens is 356 g/mol. The minimum Gasteiger partial charge on any atom is -0.335 e. The highest BCUT2D eigenvalue weighted by molar-refractivity contribution is 7.17. The summed E-state index contributed by atoms with van der Waals surface area (Å²) in [6.07, 6.45) is 4.44. The van der Waals surface area contributed by atoms with Crippen molar-refractivity contribution >= 4 is 33.1 Å². The van der Waals surface area contributed by atoms with Crippen LogP contribution in [-0.4, -0.2) is 20.3 Å². The minimum atomic E-state index is -0.102. The molecule has 0 aliphatic rings. The number of anilines is 1. The van der Waals surface area contributed by atoms with Crippen molar-refractivity contribution in [2.45, 2.75) is 32.9 Å². The first-order valence-electron chi connectivity index (χ1n) is 9.08. The summed E-state index contributed by atoms with van der Waals surface area (Å²) in [5, 5.41) is 9.34. The van der Waals surface area contributed by atoms with E-state index in [9.17, 15) is 4.79 Å². The number of thiophene rings is 1. The molecule has 0 unspecified atom stereocenters. The van der Waals surface area contributed by atoms with Crippen molar-refractivity contribution in [1.82, 2.24) is 14.3 Å². The number of nitrogens with zero attached hydrogens (tertiary/aromatic N) is 3. The van der Waals surface area contributed by atoms with Crippen molar-refractivity contribution in [2.75, 3.05) is 5.32 Å². The maximum Gasteiger partial charge on any atom is 0.272 e. The second-order valence-electron chi connectivity index (χ2n) is 6.84. The molecule has 0 atom stereocenters. The lowest BCUT2D eigenvalue weighted by molar-refractivity contribution is 0.101. The Hall–Kier alpha value is -2.86. The summed E-state index contributed by atoms with van der Waals surface area (Å²) in [5.41, 5.74) is 3.77. The van der Waals surface area contributed by atoms with Gasteiger partial charge < -0.3 is 9.88 Å². The molecule has 0 spiro atoms. The lowest BCUT2D eigenvalue weighted by atomic mass is 10.1. The average Bonchev–Trinajstić information content (AvgIpc) is 3.37. The number of hydrogen-bond donors (Lipinski definition) is 1. The first kappa shape index (κ1) is 17.5. The van der Waals surface area contributed by atoms with Crippen LogP contribution < -0.4 is 5.32 Å². The number of carbonyl (C=O) groups excluding carboxylic acids is 1. The van der Waals surface area contributed by atoms with Crippen LogP contribution in [0.1, 0.15) is 35.9 Å². The fourth-order valence-corrected chi connectivity index (χ4v) is 3.99. The van der Waals surface area contributed by atoms with Crippen molar-refractivity contribution in [3.05, 3.63) is 71.5 Å². The Bertz CT molecular complexity index is 1060. The summed E-state index contributed by atoms with van der Waals surface area (Å²) < 4.78 is 5.08. The summed E-state index contributed by atoms with van der Waals surface area (Å²) >= 11 is 1.66. The van der Waals surface area contributed by atoms with Gasteiger partial charge in [-0.2, -0.15) is 5.10 Å². The number of fused-ring (bicyclic) bond motifs is 1. The largest absolute Gasteiger partial charge is 0.335 e. The van der Waals surface area contributed by atoms with Crippen LogP contribution in [0.2, 0.25) is 0 Å². The Morgan fingerprint density at radius 1 is 1.22 bits per heavy atom. The number of hydrogen-bond acceptors (Lipinski definition) is 3. The van der Waals surface area contributed by atoms with Gasteiger partial charge in [0.1, 0.15) is 5.69 Å². The molecule has 3 heterocycles. The number of rotatable bonds is 6. The molecule has 6 heteroatoms. The molecule has 0 saturated carbocycles. The molecule has 4 aromatic rings. The Labute approximate surface area is 162 Å². The molecule has 27 heavy (non-hydrogen) atoms. The van der Waals surface area contributed by atoms with E-state index in [0.29, 0.717) is 11.4 Å². The van der Waals surface area contributed by atoms with Gasteiger partial charge in [-0.1, -0.05) is 30.3 Å². The van der Waals surface area contributed by atoms with E-state index < -0.39 is 0 Å². The van der Waals surface area contributed by atoms with Crippen molar-refractivity contribution in [3.8, 4) is 0 Å². The number of nitrogens with one attached hydrogen (secondary N) is 1. The van der Waals surface area contributed by atoms with Gasteiger partial charge in [-0.25, -0.2) is 0 Å². The lowest BCUT2D eigenvalue weighted by Crippen LogP contribution is -2.17. The fraction of sp³-hybridized carbons (Fsp3) is 0.238. The van der Waals surface area contributed by atoms with Gasteiger partial charge in [-0.3, -0.25) is 9.48 Å². The predicted octanol–water partition coefficient (Wildman–Crippen LogP) is 4.98. The van der Waals surface area contributed by atoms with Crippen LogP contribution in [0.4, 0.5) is 5.69 Å². The second-order valence-corrected chi connectivity index (χ2v) is 7.79. The molecule has 0 aliphatic carbocycles. The summed E-state index contributed by atoms with van der Waals surface area (Å²) in [5.74, 6) is -0.102. The van der Waals surface area contributed by atoms with E-state index in [1.807, 2.05) is 35.1 Å². The monoisotopic (exact) mass is 378 g/mol. The molecule has 0 saturated heterocycles. The van der Waals surface area contributed by atoms with Crippen LogP contribution in [0, 0.1) is 0 Å². The van der Waals surface area contributed by atoms with Gasteiger partial charge in [-0.05, 0) is 43.3 Å². The van der Waals surface area contributed by atoms with Crippen molar-refractivity contribution in [3.63, 3.8) is 0 Å². The summed E-state index contributed by atoms with van der Waals surface area (Å²) in [4.78, 5) is 12.9. The number of benzene rings is 1. The van der Waals surface area contributed by atoms with Gasteiger partial charge >= 0.3 is 0 Å². The Kier molecular flexibility index (Phi) is 4.81. The standard InChI is InChI=1S/C21H22N4OS/c1-15(2)25-14-17(13-22-25)23-21(26)19-12-20-18(9-11-27-20)24(19)10-8-16-6-4-3-5-7-16/h3-7,9,11-15H,8,10H2,1-2H3,(H,23,26). The molecule has 138 valence electrons. The fourth-order valence-electron chi connectivity index (χ4n) is 3.17. The first-order valence-corrected chi connectivity index (χ1v) is 9.96. The second kappa shape index (κ2) is 7.40. The van der Waals surface area contributed by atoms with E-state index in [0.717, 1.165) is 23.2 Å². The highest BCUT2D eigenvalue weighted by Crippen LogP contribution is 2.26.